The second-order valence-corrected chi connectivity index (χ2v) is 28.4. The van der Waals surface area contributed by atoms with Gasteiger partial charge in [0.15, 0.2) is 6.23 Å². The van der Waals surface area contributed by atoms with Crippen LogP contribution in [-0.2, 0) is 51.9 Å². The number of nitrogens with two attached hydrogens (primary N) is 6. The highest BCUT2D eigenvalue weighted by atomic mass is 31.2. The first-order chi connectivity index (χ1) is 41.8. The van der Waals surface area contributed by atoms with Gasteiger partial charge < -0.3 is 69.4 Å². The number of phosphoric ester groups is 1. The quantitative estimate of drug-likeness (QED) is 0.0603. The Bertz CT molecular complexity index is 3540. The minimum atomic E-state index is -5.07. The third-order valence-electron chi connectivity index (χ3n) is 20.6. The van der Waals surface area contributed by atoms with Crippen molar-refractivity contribution in [3.8, 4) is 0 Å². The Morgan fingerprint density at radius 2 is 1.40 bits per heavy atom. The summed E-state index contributed by atoms with van der Waals surface area (Å²) in [6.45, 7) is 19.3. The molecule has 2 saturated heterocycles. The average molecular weight is 1270 g/mol. The number of ether oxygens (including phenoxy) is 1. The summed E-state index contributed by atoms with van der Waals surface area (Å²) >= 11 is 0. The van der Waals surface area contributed by atoms with Crippen LogP contribution >= 0.6 is 7.82 Å². The van der Waals surface area contributed by atoms with Crippen molar-refractivity contribution in [1.29, 1.82) is 0 Å². The number of carbonyl (C=O) groups is 7. The van der Waals surface area contributed by atoms with Crippen molar-refractivity contribution in [2.45, 2.75) is 189 Å². The number of rotatable bonds is 26. The van der Waals surface area contributed by atoms with Crippen LogP contribution in [0.15, 0.2) is 67.8 Å². The van der Waals surface area contributed by atoms with E-state index in [4.69, 9.17) is 63.2 Å². The Labute approximate surface area is 523 Å². The van der Waals surface area contributed by atoms with Gasteiger partial charge in [-0.2, -0.15) is 0 Å². The molecule has 0 aliphatic carbocycles. The minimum absolute atomic E-state index is 0.0114. The number of allylic oxidation sites excluding steroid dienone is 6. The van der Waals surface area contributed by atoms with Crippen LogP contribution in [0.2, 0.25) is 0 Å². The maximum Gasteiger partial charge on any atom is 0.472 e. The van der Waals surface area contributed by atoms with Gasteiger partial charge in [0.05, 0.1) is 41.7 Å². The lowest BCUT2D eigenvalue weighted by Crippen LogP contribution is -2.56. The molecule has 0 radical (unpaired) electrons. The number of carbonyl (C=O) groups excluding carboxylic acids is 7. The van der Waals surface area contributed by atoms with Gasteiger partial charge in [0.25, 0.3) is 0 Å². The zero-order valence-electron chi connectivity index (χ0n) is 53.3. The number of imidazole rings is 1. The maximum absolute atomic E-state index is 14.4. The van der Waals surface area contributed by atoms with E-state index in [0.717, 1.165) is 11.1 Å². The number of nitrogens with zero attached hydrogens (tertiary/aromatic N) is 5. The highest BCUT2D eigenvalue weighted by molar-refractivity contribution is 7.47. The number of aliphatic imine (C=N–C) groups is 3. The zero-order valence-corrected chi connectivity index (χ0v) is 54.1. The summed E-state index contributed by atoms with van der Waals surface area (Å²) in [5.74, 6) is -7.18. The number of aliphatic hydroxyl groups excluding tert-OH is 2. The van der Waals surface area contributed by atoms with Gasteiger partial charge in [-0.1, -0.05) is 34.6 Å². The Kier molecular flexibility index (Phi) is 19.6. The molecule has 0 saturated carbocycles. The first kappa shape index (κ1) is 68.9. The third kappa shape index (κ3) is 13.0. The van der Waals surface area contributed by atoms with E-state index < -0.39 is 143 Å². The highest BCUT2D eigenvalue weighted by Gasteiger charge is 2.66. The number of benzene rings is 1. The molecule has 17 N–H and O–H groups in total. The summed E-state index contributed by atoms with van der Waals surface area (Å²) in [5.41, 5.74) is 37.4. The van der Waals surface area contributed by atoms with Crippen molar-refractivity contribution in [3.63, 3.8) is 0 Å². The number of nitrogens with one attached hydrogen (secondary N) is 2. The first-order valence-corrected chi connectivity index (χ1v) is 32.1. The third-order valence-corrected chi connectivity index (χ3v) is 21.7. The van der Waals surface area contributed by atoms with E-state index in [1.54, 1.807) is 4.57 Å². The van der Waals surface area contributed by atoms with Crippen molar-refractivity contribution in [2.75, 3.05) is 13.2 Å². The van der Waals surface area contributed by atoms with Gasteiger partial charge in [-0.15, -0.1) is 0 Å². The van der Waals surface area contributed by atoms with E-state index in [0.29, 0.717) is 56.4 Å². The van der Waals surface area contributed by atoms with Crippen LogP contribution in [0.3, 0.4) is 0 Å². The Balaban J connectivity index is 1.19. The number of hydrogen-bond donors (Lipinski definition) is 11. The monoisotopic (exact) mass is 1270 g/mol. The molecular weight excluding hydrogens is 1180 g/mol. The van der Waals surface area contributed by atoms with Crippen molar-refractivity contribution in [3.05, 3.63) is 63.9 Å². The van der Waals surface area contributed by atoms with Gasteiger partial charge in [-0.25, -0.2) is 9.55 Å². The van der Waals surface area contributed by atoms with E-state index in [1.165, 1.54) is 13.3 Å². The number of aliphatic hydroxyl groups is 2. The molecule has 1 unspecified atom stereocenters. The molecule has 8 bridgehead atoms. The van der Waals surface area contributed by atoms with Crippen molar-refractivity contribution in [2.24, 2.45) is 94.7 Å². The number of amides is 7. The fraction of sp³-hybridized carbons (Fsp3) is 0.629. The van der Waals surface area contributed by atoms with Crippen LogP contribution < -0.4 is 45.0 Å². The summed E-state index contributed by atoms with van der Waals surface area (Å²) in [4.78, 5) is 126. The maximum atomic E-state index is 14.4. The SMILES string of the molecule is C/C1=C2N=C(/C=C3\N/C(=C(/C)C4=N[C@@](C)([C@@H]5N=C1[C@](C)(CCC(=O)NC[C@H](C)OP(=O)(O)O[C@H]1[C@@H](O)[C@@H](n6cnc7cc(C)c(C)cc76)O[C@@H]1CO)[C@H]5CC(N)=O)[C@@](C)(CC(N)=O)[C@@H]4CCC(N)=O)[C@@](C)(CC(N)=O)[C@@H]3CCC(N)=O)C(C)(C)[C@@H]/2CCC(N)=O. The molecular formula is C62H90N13O14P. The zero-order chi connectivity index (χ0) is 66.7. The van der Waals surface area contributed by atoms with Crippen LogP contribution in [0.4, 0.5) is 0 Å². The lowest BCUT2D eigenvalue weighted by molar-refractivity contribution is -0.124. The molecule has 15 atom stereocenters. The molecule has 492 valence electrons. The van der Waals surface area contributed by atoms with Gasteiger partial charge >= 0.3 is 7.82 Å². The smallest absolute Gasteiger partial charge is 0.394 e. The van der Waals surface area contributed by atoms with E-state index >= 15 is 0 Å². The van der Waals surface area contributed by atoms with E-state index in [-0.39, 0.29) is 77.2 Å². The molecule has 1 aromatic carbocycles. The van der Waals surface area contributed by atoms with Crippen LogP contribution in [0, 0.1) is 59.2 Å². The van der Waals surface area contributed by atoms with Crippen LogP contribution in [0.1, 0.15) is 150 Å². The second kappa shape index (κ2) is 25.6. The summed E-state index contributed by atoms with van der Waals surface area (Å²) in [6.07, 6.45) is -4.26. The van der Waals surface area contributed by atoms with Crippen LogP contribution in [0.25, 0.3) is 11.0 Å². The lowest BCUT2D eigenvalue weighted by Gasteiger charge is -2.48. The molecule has 90 heavy (non-hydrogen) atoms. The van der Waals surface area contributed by atoms with Crippen LogP contribution in [0.5, 0.6) is 0 Å². The summed E-state index contributed by atoms with van der Waals surface area (Å²) in [5, 5.41) is 28.2. The molecule has 0 spiro atoms. The molecule has 1 aromatic heterocycles. The summed E-state index contributed by atoms with van der Waals surface area (Å²) in [7, 11) is -5.07. The molecule has 7 heterocycles. The van der Waals surface area contributed by atoms with Crippen LogP contribution in [-0.4, -0.2) is 132 Å². The van der Waals surface area contributed by atoms with E-state index in [9.17, 15) is 53.2 Å². The average Bonchev–Trinajstić information content (AvgIpc) is 1.53. The van der Waals surface area contributed by atoms with Gasteiger partial charge in [-0.05, 0) is 108 Å². The summed E-state index contributed by atoms with van der Waals surface area (Å²) < 4.78 is 32.3. The fourth-order valence-corrected chi connectivity index (χ4v) is 16.6. The predicted octanol–water partition coefficient (Wildman–Crippen LogP) is 3.16. The lowest BCUT2D eigenvalue weighted by atomic mass is 9.55. The van der Waals surface area contributed by atoms with Crippen molar-refractivity contribution < 1.29 is 67.0 Å². The number of aromatic nitrogens is 2. The molecule has 27 nitrogen and oxygen atoms in total. The molecule has 2 aromatic rings. The normalized spacial score (nSPS) is 34.2. The van der Waals surface area contributed by atoms with Gasteiger partial charge in [0.2, 0.25) is 41.4 Å². The standard InChI is InChI=1S/C62H90N13O14P/c1-29-20-39-40(21-30(29)2)75(28-70-39)57-52(84)53(41(27-76)87-57)89-90(85,86)88-31(3)26-69-49(83)18-19-59(8)37(22-46(66)80)56-62(11)61(10,25-48(68)82)36(14-17-45(65)79)51(74-62)33(5)55-60(9,24-47(67)81)34(12-15-43(63)77)38(71-55)23-42-58(6,7)35(13-16-44(64)78)50(72-42)32(4)54(59)73-56/h20-21,23,28,31,34-37,41,52-53,56-57,71,76,84H,12-19,22,24-27H2,1-11H3,(H2,63,77)(H2,64,78)(H2,65,79)(H2,66,80)(H2,67,81)(H2,68,82)(H,69,83)(H,85,86)/b38-23-,50-32-,55-33-/t31-,34+,35+,36+,37-,41+,52+,53+,56+,57-,59+,60-,61-,62-/m0/s1. The van der Waals surface area contributed by atoms with E-state index in [1.807, 2.05) is 87.4 Å². The van der Waals surface area contributed by atoms with Gasteiger partial charge in [0.1, 0.15) is 18.3 Å². The second-order valence-electron chi connectivity index (χ2n) is 27.1. The Morgan fingerprint density at radius 3 is 1.99 bits per heavy atom. The Morgan fingerprint density at radius 1 is 0.800 bits per heavy atom. The highest BCUT2D eigenvalue weighted by Crippen LogP contribution is 2.63. The summed E-state index contributed by atoms with van der Waals surface area (Å²) in [6, 6.07) is 2.70. The van der Waals surface area contributed by atoms with Gasteiger partial charge in [-0.3, -0.25) is 57.6 Å². The van der Waals surface area contributed by atoms with Crippen molar-refractivity contribution in [1.82, 2.24) is 20.2 Å². The molecule has 6 aliphatic heterocycles. The Hall–Kier alpha value is -7.00. The molecule has 7 amide bonds. The number of hydrogen-bond acceptors (Lipinski definition) is 18. The number of phosphoric acid groups is 1. The fourth-order valence-electron chi connectivity index (χ4n) is 15.4. The topological polar surface area (TPSA) is 460 Å². The van der Waals surface area contributed by atoms with Crippen molar-refractivity contribution >= 4 is 77.3 Å². The van der Waals surface area contributed by atoms with Gasteiger partial charge in [0, 0.05) is 131 Å². The minimum Gasteiger partial charge on any atom is -0.394 e. The van der Waals surface area contributed by atoms with E-state index in [2.05, 4.69) is 15.6 Å². The number of aryl methyl sites for hydroxylation is 2. The number of primary amides is 6. The largest absolute Gasteiger partial charge is 0.472 e. The first-order valence-electron chi connectivity index (χ1n) is 30.6. The molecule has 28 heteroatoms. The number of fused-ring (bicyclic) bond motifs is 7. The predicted molar refractivity (Wildman–Crippen MR) is 334 cm³/mol. The molecule has 2 fully saturated rings. The molecule has 6 aliphatic rings. The molecule has 8 rings (SSSR count).